The average Bonchev–Trinajstić information content (AvgIpc) is 3.21. The molecule has 2 heterocycles. The maximum absolute atomic E-state index is 12.3. The van der Waals surface area contributed by atoms with Gasteiger partial charge in [-0.1, -0.05) is 39.0 Å². The van der Waals surface area contributed by atoms with Crippen LogP contribution in [0.4, 0.5) is 0 Å². The van der Waals surface area contributed by atoms with E-state index in [9.17, 15) is 4.79 Å². The monoisotopic (exact) mass is 413 g/mol. The number of hydrogen-bond donors (Lipinski definition) is 0. The molecule has 28 heavy (non-hydrogen) atoms. The highest BCUT2D eigenvalue weighted by molar-refractivity contribution is 7.98. The van der Waals surface area contributed by atoms with Crippen LogP contribution in [0.25, 0.3) is 0 Å². The van der Waals surface area contributed by atoms with E-state index in [0.29, 0.717) is 17.8 Å². The summed E-state index contributed by atoms with van der Waals surface area (Å²) in [6.45, 7) is 6.78. The Kier molecular flexibility index (Phi) is 4.59. The Bertz CT molecular complexity index is 895. The summed E-state index contributed by atoms with van der Waals surface area (Å²) < 4.78 is 5.94. The van der Waals surface area contributed by atoms with Crippen LogP contribution in [-0.2, 0) is 21.7 Å². The summed E-state index contributed by atoms with van der Waals surface area (Å²) in [6.07, 6.45) is 3.46. The number of carbonyl (C=O) groups excluding carboxylic acids is 1. The van der Waals surface area contributed by atoms with Gasteiger partial charge in [-0.2, -0.15) is 0 Å². The van der Waals surface area contributed by atoms with Gasteiger partial charge >= 0.3 is 5.97 Å². The molecule has 0 unspecified atom stereocenters. The maximum Gasteiger partial charge on any atom is 0.309 e. The van der Waals surface area contributed by atoms with Gasteiger partial charge in [0.25, 0.3) is 0 Å². The maximum atomic E-state index is 12.3. The molecule has 2 aliphatic carbocycles. The quantitative estimate of drug-likeness (QED) is 0.479. The van der Waals surface area contributed by atoms with Crippen LogP contribution in [0.2, 0.25) is 0 Å². The van der Waals surface area contributed by atoms with E-state index in [1.54, 1.807) is 0 Å². The van der Waals surface area contributed by atoms with Crippen molar-refractivity contribution in [3.8, 4) is 0 Å². The lowest BCUT2D eigenvalue weighted by molar-refractivity contribution is -0.149. The molecule has 5 rings (SSSR count). The van der Waals surface area contributed by atoms with E-state index in [0.717, 1.165) is 18.6 Å². The molecule has 6 atom stereocenters. The van der Waals surface area contributed by atoms with Crippen molar-refractivity contribution in [2.75, 3.05) is 0 Å². The third kappa shape index (κ3) is 2.93. The van der Waals surface area contributed by atoms with Gasteiger partial charge in [0.05, 0.1) is 17.4 Å². The molecule has 1 aliphatic heterocycles. The molecule has 5 heteroatoms. The molecule has 3 aliphatic rings. The van der Waals surface area contributed by atoms with Gasteiger partial charge in [0.1, 0.15) is 11.1 Å². The lowest BCUT2D eigenvalue weighted by Gasteiger charge is -2.51. The standard InChI is InChI=1S/C23H27NO2S2/c1-13-16-9-10-23(3)11-17-20(14(2)19(23)21(16)26-22(13)25)24-18(28-17)12-27-15-7-5-4-6-8-15/h4-8,13-14,16,19,21H,9-12H2,1-3H3/t13-,14-,16-,19+,21-,23-/m0/s1. The third-order valence-electron chi connectivity index (χ3n) is 7.31. The number of hydrogen-bond acceptors (Lipinski definition) is 5. The first-order valence-electron chi connectivity index (χ1n) is 10.3. The number of thioether (sulfide) groups is 1. The van der Waals surface area contributed by atoms with Gasteiger partial charge in [0, 0.05) is 27.5 Å². The minimum atomic E-state index is 0.00970. The molecule has 1 saturated heterocycles. The van der Waals surface area contributed by atoms with Crippen LogP contribution in [0.15, 0.2) is 35.2 Å². The van der Waals surface area contributed by atoms with Gasteiger partial charge in [-0.05, 0) is 36.8 Å². The van der Waals surface area contributed by atoms with Crippen LogP contribution in [0.1, 0.15) is 55.1 Å². The second-order valence-corrected chi connectivity index (χ2v) is 11.3. The third-order valence-corrected chi connectivity index (χ3v) is 9.58. The van der Waals surface area contributed by atoms with Gasteiger partial charge in [-0.25, -0.2) is 4.98 Å². The summed E-state index contributed by atoms with van der Waals surface area (Å²) in [4.78, 5) is 20.1. The van der Waals surface area contributed by atoms with Gasteiger partial charge in [0.15, 0.2) is 0 Å². The summed E-state index contributed by atoms with van der Waals surface area (Å²) in [7, 11) is 0. The smallest absolute Gasteiger partial charge is 0.309 e. The summed E-state index contributed by atoms with van der Waals surface area (Å²) in [6, 6.07) is 10.5. The Balaban J connectivity index is 1.41. The molecular weight excluding hydrogens is 386 g/mol. The van der Waals surface area contributed by atoms with Crippen LogP contribution in [0.5, 0.6) is 0 Å². The molecule has 1 aromatic heterocycles. The molecular formula is C23H27NO2S2. The van der Waals surface area contributed by atoms with E-state index in [2.05, 4.69) is 51.1 Å². The van der Waals surface area contributed by atoms with Crippen LogP contribution in [0, 0.1) is 23.2 Å². The highest BCUT2D eigenvalue weighted by atomic mass is 32.2. The minimum absolute atomic E-state index is 0.00970. The highest BCUT2D eigenvalue weighted by Crippen LogP contribution is 2.59. The predicted octanol–water partition coefficient (Wildman–Crippen LogP) is 5.69. The summed E-state index contributed by atoms with van der Waals surface area (Å²) in [5.41, 5.74) is 1.49. The zero-order chi connectivity index (χ0) is 19.5. The Labute approximate surface area is 175 Å². The van der Waals surface area contributed by atoms with E-state index in [-0.39, 0.29) is 23.4 Å². The molecule has 0 N–H and O–H groups in total. The van der Waals surface area contributed by atoms with Crippen LogP contribution >= 0.6 is 23.1 Å². The fourth-order valence-electron chi connectivity index (χ4n) is 5.85. The molecule has 2 fully saturated rings. The first-order valence-corrected chi connectivity index (χ1v) is 12.1. The van der Waals surface area contributed by atoms with E-state index in [1.807, 2.05) is 23.1 Å². The van der Waals surface area contributed by atoms with Gasteiger partial charge in [-0.3, -0.25) is 4.79 Å². The SMILES string of the molecule is C[C@@H]1C(=O)O[C@H]2[C@H]1CC[C@@]1(C)Cc3sc(CSc4ccccc4)nc3[C@@H](C)[C@H]21. The Morgan fingerprint density at radius 3 is 2.82 bits per heavy atom. The van der Waals surface area contributed by atoms with Gasteiger partial charge < -0.3 is 4.74 Å². The molecule has 2 aromatic rings. The number of fused-ring (bicyclic) bond motifs is 4. The number of thiazole rings is 1. The molecule has 1 saturated carbocycles. The van der Waals surface area contributed by atoms with Crippen LogP contribution in [-0.4, -0.2) is 17.1 Å². The predicted molar refractivity (Wildman–Crippen MR) is 114 cm³/mol. The van der Waals surface area contributed by atoms with Crippen molar-refractivity contribution >= 4 is 29.1 Å². The normalized spacial score (nSPS) is 36.4. The zero-order valence-electron chi connectivity index (χ0n) is 16.7. The number of rotatable bonds is 3. The number of ether oxygens (including phenoxy) is 1. The highest BCUT2D eigenvalue weighted by Gasteiger charge is 2.58. The van der Waals surface area contributed by atoms with Crippen LogP contribution in [0.3, 0.4) is 0 Å². The first-order chi connectivity index (χ1) is 13.5. The van der Waals surface area contributed by atoms with Crippen molar-refractivity contribution < 1.29 is 9.53 Å². The number of carbonyl (C=O) groups is 1. The summed E-state index contributed by atoms with van der Waals surface area (Å²) in [5.74, 6) is 2.12. The number of nitrogens with zero attached hydrogens (tertiary/aromatic N) is 1. The largest absolute Gasteiger partial charge is 0.461 e. The summed E-state index contributed by atoms with van der Waals surface area (Å²) in [5, 5.41) is 1.22. The Morgan fingerprint density at radius 1 is 1.25 bits per heavy atom. The van der Waals surface area contributed by atoms with E-state index < -0.39 is 0 Å². The van der Waals surface area contributed by atoms with Gasteiger partial charge in [-0.15, -0.1) is 23.1 Å². The van der Waals surface area contributed by atoms with Gasteiger partial charge in [0.2, 0.25) is 0 Å². The first kappa shape index (κ1) is 18.7. The fourth-order valence-corrected chi connectivity index (χ4v) is 8.14. The van der Waals surface area contributed by atoms with Crippen molar-refractivity contribution in [1.82, 2.24) is 4.98 Å². The second kappa shape index (κ2) is 6.88. The zero-order valence-corrected chi connectivity index (χ0v) is 18.3. The van der Waals surface area contributed by atoms with Crippen molar-refractivity contribution in [1.29, 1.82) is 0 Å². The van der Waals surface area contributed by atoms with Crippen molar-refractivity contribution in [3.05, 3.63) is 45.9 Å². The van der Waals surface area contributed by atoms with E-state index in [1.165, 1.54) is 26.9 Å². The number of aromatic nitrogens is 1. The van der Waals surface area contributed by atoms with E-state index in [4.69, 9.17) is 9.72 Å². The molecule has 3 nitrogen and oxygen atoms in total. The Hall–Kier alpha value is -1.33. The van der Waals surface area contributed by atoms with Crippen molar-refractivity contribution in [2.45, 2.75) is 62.7 Å². The average molecular weight is 414 g/mol. The van der Waals surface area contributed by atoms with Crippen LogP contribution < -0.4 is 0 Å². The molecule has 0 radical (unpaired) electrons. The molecule has 0 bridgehead atoms. The fraction of sp³-hybridized carbons (Fsp3) is 0.565. The molecule has 0 spiro atoms. The lowest BCUT2D eigenvalue weighted by atomic mass is 9.54. The Morgan fingerprint density at radius 2 is 2.04 bits per heavy atom. The molecule has 0 amide bonds. The topological polar surface area (TPSA) is 39.2 Å². The van der Waals surface area contributed by atoms with E-state index >= 15 is 0 Å². The molecule has 1 aromatic carbocycles. The second-order valence-electron chi connectivity index (χ2n) is 9.06. The number of esters is 1. The minimum Gasteiger partial charge on any atom is -0.461 e. The number of benzene rings is 1. The molecule has 148 valence electrons. The van der Waals surface area contributed by atoms with Crippen molar-refractivity contribution in [3.63, 3.8) is 0 Å². The lowest BCUT2D eigenvalue weighted by Crippen LogP contribution is -2.50. The summed E-state index contributed by atoms with van der Waals surface area (Å²) >= 11 is 3.76. The van der Waals surface area contributed by atoms with Crippen molar-refractivity contribution in [2.24, 2.45) is 23.2 Å².